The van der Waals surface area contributed by atoms with Gasteiger partial charge in [0, 0.05) is 0 Å². The normalized spacial score (nSPS) is 24.3. The number of ketones is 1. The second kappa shape index (κ2) is 7.05. The highest BCUT2D eigenvalue weighted by atomic mass is 16.5. The Morgan fingerprint density at radius 3 is 2.55 bits per heavy atom. The molecule has 1 aromatic carbocycles. The zero-order valence-corrected chi connectivity index (χ0v) is 13.5. The Kier molecular flexibility index (Phi) is 5.35. The summed E-state index contributed by atoms with van der Waals surface area (Å²) in [5.74, 6) is -0.689. The third kappa shape index (κ3) is 3.22. The Hall–Kier alpha value is -1.68. The summed E-state index contributed by atoms with van der Waals surface area (Å²) in [5, 5.41) is 0. The summed E-state index contributed by atoms with van der Waals surface area (Å²) in [5.41, 5.74) is -0.148. The van der Waals surface area contributed by atoms with Gasteiger partial charge in [0.2, 0.25) is 0 Å². The number of carbonyl (C=O) groups excluding carboxylic acids is 2. The van der Waals surface area contributed by atoms with Gasteiger partial charge < -0.3 is 9.47 Å². The van der Waals surface area contributed by atoms with Crippen LogP contribution in [0.5, 0.6) is 0 Å². The number of Topliss-reactive ketones (excluding diaryl/α,β-unsaturated/α-hetero) is 1. The van der Waals surface area contributed by atoms with Crippen LogP contribution in [0.25, 0.3) is 0 Å². The summed E-state index contributed by atoms with van der Waals surface area (Å²) in [4.78, 5) is 24.5. The molecule has 0 aliphatic carbocycles. The van der Waals surface area contributed by atoms with Gasteiger partial charge in [-0.3, -0.25) is 9.59 Å². The van der Waals surface area contributed by atoms with Crippen molar-refractivity contribution in [1.29, 1.82) is 0 Å². The van der Waals surface area contributed by atoms with E-state index in [0.29, 0.717) is 6.42 Å². The lowest BCUT2D eigenvalue weighted by atomic mass is 9.76. The van der Waals surface area contributed by atoms with Crippen LogP contribution in [0.3, 0.4) is 0 Å². The lowest BCUT2D eigenvalue weighted by Crippen LogP contribution is -2.49. The van der Waals surface area contributed by atoms with Crippen LogP contribution in [0.1, 0.15) is 51.7 Å². The van der Waals surface area contributed by atoms with Crippen LogP contribution in [0.2, 0.25) is 0 Å². The largest absolute Gasteiger partial charge is 0.465 e. The number of esters is 1. The van der Waals surface area contributed by atoms with E-state index >= 15 is 0 Å². The van der Waals surface area contributed by atoms with Crippen LogP contribution in [0, 0.1) is 5.41 Å². The number of ether oxygens (including phenoxy) is 2. The Balaban J connectivity index is 2.22. The summed E-state index contributed by atoms with van der Waals surface area (Å²) in [6.07, 6.45) is 2.00. The lowest BCUT2D eigenvalue weighted by molar-refractivity contribution is -0.177. The molecule has 2 rings (SSSR count). The number of rotatable bonds is 5. The molecule has 4 heteroatoms. The summed E-state index contributed by atoms with van der Waals surface area (Å²) < 4.78 is 11.3. The number of hydrogen-bond donors (Lipinski definition) is 0. The molecule has 1 aliphatic rings. The van der Waals surface area contributed by atoms with Gasteiger partial charge in [0.05, 0.1) is 18.8 Å². The van der Waals surface area contributed by atoms with Crippen LogP contribution in [0.4, 0.5) is 0 Å². The van der Waals surface area contributed by atoms with Crippen molar-refractivity contribution in [2.45, 2.75) is 52.2 Å². The smallest absolute Gasteiger partial charge is 0.322 e. The maximum absolute atomic E-state index is 12.3. The van der Waals surface area contributed by atoms with Gasteiger partial charge in [-0.05, 0) is 45.6 Å². The third-order valence-corrected chi connectivity index (χ3v) is 4.51. The molecule has 4 nitrogen and oxygen atoms in total. The van der Waals surface area contributed by atoms with Crippen molar-refractivity contribution < 1.29 is 19.1 Å². The molecule has 1 heterocycles. The van der Waals surface area contributed by atoms with Crippen molar-refractivity contribution in [3.63, 3.8) is 0 Å². The monoisotopic (exact) mass is 304 g/mol. The van der Waals surface area contributed by atoms with Crippen LogP contribution in [0.15, 0.2) is 30.3 Å². The molecule has 1 saturated heterocycles. The Morgan fingerprint density at radius 2 is 1.95 bits per heavy atom. The average Bonchev–Trinajstić information content (AvgIpc) is 2.55. The predicted molar refractivity (Wildman–Crippen MR) is 83.3 cm³/mol. The lowest BCUT2D eigenvalue weighted by Gasteiger charge is -2.39. The maximum Gasteiger partial charge on any atom is 0.322 e. The van der Waals surface area contributed by atoms with Gasteiger partial charge in [0.15, 0.2) is 0 Å². The maximum atomic E-state index is 12.3. The Morgan fingerprint density at radius 1 is 1.27 bits per heavy atom. The molecule has 0 radical (unpaired) electrons. The minimum atomic E-state index is -1.23. The molecule has 3 atom stereocenters. The first-order chi connectivity index (χ1) is 10.5. The molecular formula is C18H24O4. The van der Waals surface area contributed by atoms with Crippen molar-refractivity contribution in [1.82, 2.24) is 0 Å². The fourth-order valence-electron chi connectivity index (χ4n) is 2.94. The van der Waals surface area contributed by atoms with Gasteiger partial charge in [-0.25, -0.2) is 0 Å². The van der Waals surface area contributed by atoms with Crippen molar-refractivity contribution in [2.24, 2.45) is 5.41 Å². The molecule has 1 fully saturated rings. The summed E-state index contributed by atoms with van der Waals surface area (Å²) in [6, 6.07) is 9.93. The molecule has 1 unspecified atom stereocenters. The van der Waals surface area contributed by atoms with Gasteiger partial charge >= 0.3 is 5.97 Å². The fraction of sp³-hybridized carbons (Fsp3) is 0.556. The molecular weight excluding hydrogens is 280 g/mol. The standard InChI is InChI=1S/C18H24O4/c1-4-21-17(20)18(3,13(2)19)16-12-8-11-15(22-16)14-9-6-5-7-10-14/h5-7,9-10,15-16H,4,8,11-12H2,1-3H3/t15-,16-,18?/m1/s1. The van der Waals surface area contributed by atoms with Gasteiger partial charge in [-0.15, -0.1) is 0 Å². The van der Waals surface area contributed by atoms with Crippen molar-refractivity contribution in [3.05, 3.63) is 35.9 Å². The van der Waals surface area contributed by atoms with E-state index in [9.17, 15) is 9.59 Å². The Bertz CT molecular complexity index is 525. The van der Waals surface area contributed by atoms with Crippen LogP contribution >= 0.6 is 0 Å². The van der Waals surface area contributed by atoms with Gasteiger partial charge in [0.1, 0.15) is 11.2 Å². The van der Waals surface area contributed by atoms with E-state index in [1.54, 1.807) is 13.8 Å². The highest BCUT2D eigenvalue weighted by Gasteiger charge is 2.49. The molecule has 1 aromatic rings. The zero-order valence-electron chi connectivity index (χ0n) is 13.5. The first-order valence-electron chi connectivity index (χ1n) is 7.88. The van der Waals surface area contributed by atoms with E-state index in [1.165, 1.54) is 6.92 Å². The number of carbonyl (C=O) groups is 2. The van der Waals surface area contributed by atoms with Gasteiger partial charge in [0.25, 0.3) is 0 Å². The average molecular weight is 304 g/mol. The Labute approximate surface area is 131 Å². The molecule has 0 saturated carbocycles. The number of benzene rings is 1. The topological polar surface area (TPSA) is 52.6 Å². The second-order valence-corrected chi connectivity index (χ2v) is 5.93. The fourth-order valence-corrected chi connectivity index (χ4v) is 2.94. The van der Waals surface area contributed by atoms with Crippen molar-refractivity contribution in [3.8, 4) is 0 Å². The summed E-state index contributed by atoms with van der Waals surface area (Å²) >= 11 is 0. The second-order valence-electron chi connectivity index (χ2n) is 5.93. The van der Waals surface area contributed by atoms with Crippen molar-refractivity contribution >= 4 is 11.8 Å². The molecule has 22 heavy (non-hydrogen) atoms. The highest BCUT2D eigenvalue weighted by Crippen LogP contribution is 2.40. The van der Waals surface area contributed by atoms with E-state index < -0.39 is 17.5 Å². The van der Waals surface area contributed by atoms with E-state index in [1.807, 2.05) is 30.3 Å². The van der Waals surface area contributed by atoms with Crippen LogP contribution in [-0.4, -0.2) is 24.5 Å². The highest BCUT2D eigenvalue weighted by molar-refractivity contribution is 6.03. The van der Waals surface area contributed by atoms with Gasteiger partial charge in [-0.2, -0.15) is 0 Å². The summed E-state index contributed by atoms with van der Waals surface area (Å²) in [7, 11) is 0. The first kappa shape index (κ1) is 16.7. The van der Waals surface area contributed by atoms with Crippen LogP contribution < -0.4 is 0 Å². The molecule has 0 amide bonds. The molecule has 1 aliphatic heterocycles. The van der Waals surface area contributed by atoms with E-state index in [2.05, 4.69) is 0 Å². The van der Waals surface area contributed by atoms with Crippen molar-refractivity contribution in [2.75, 3.05) is 6.61 Å². The van der Waals surface area contributed by atoms with E-state index in [-0.39, 0.29) is 18.5 Å². The first-order valence-corrected chi connectivity index (χ1v) is 7.88. The van der Waals surface area contributed by atoms with Crippen LogP contribution in [-0.2, 0) is 19.1 Å². The molecule has 0 bridgehead atoms. The zero-order chi connectivity index (χ0) is 16.2. The molecule has 120 valence electrons. The third-order valence-electron chi connectivity index (χ3n) is 4.51. The minimum absolute atomic E-state index is 0.0759. The minimum Gasteiger partial charge on any atom is -0.465 e. The molecule has 0 spiro atoms. The molecule has 0 N–H and O–H groups in total. The predicted octanol–water partition coefficient (Wildman–Crippen LogP) is 3.46. The quantitative estimate of drug-likeness (QED) is 0.617. The van der Waals surface area contributed by atoms with E-state index in [0.717, 1.165) is 18.4 Å². The summed E-state index contributed by atoms with van der Waals surface area (Å²) in [6.45, 7) is 5.08. The SMILES string of the molecule is CCOC(=O)C(C)(C(C)=O)[C@H]1CCC[C@H](c2ccccc2)O1. The molecule has 0 aromatic heterocycles. The number of hydrogen-bond acceptors (Lipinski definition) is 4. The van der Waals surface area contributed by atoms with Gasteiger partial charge in [-0.1, -0.05) is 30.3 Å². The van der Waals surface area contributed by atoms with E-state index in [4.69, 9.17) is 9.47 Å².